The minimum absolute atomic E-state index is 0.171. The quantitative estimate of drug-likeness (QED) is 0.239. The highest BCUT2D eigenvalue weighted by Gasteiger charge is 2.15. The Morgan fingerprint density at radius 3 is 1.50 bits per heavy atom. The fourth-order valence-electron chi connectivity index (χ4n) is 2.63. The van der Waals surface area contributed by atoms with Gasteiger partial charge in [0.05, 0.1) is 0 Å². The lowest BCUT2D eigenvalue weighted by molar-refractivity contribution is -0.156. The second kappa shape index (κ2) is 14.0. The molecule has 0 aromatic carbocycles. The van der Waals surface area contributed by atoms with Crippen molar-refractivity contribution in [2.24, 2.45) is 5.73 Å². The summed E-state index contributed by atoms with van der Waals surface area (Å²) in [5.74, 6) is -0.171. The predicted octanol–water partition coefficient (Wildman–Crippen LogP) is 5.71. The van der Waals surface area contributed by atoms with Gasteiger partial charge in [-0.25, -0.2) is 0 Å². The summed E-state index contributed by atoms with van der Waals surface area (Å²) in [5, 5.41) is 0. The lowest BCUT2D eigenvalue weighted by atomic mass is 10.0. The minimum Gasteiger partial charge on any atom is -0.445 e. The van der Waals surface area contributed by atoms with Crippen LogP contribution < -0.4 is 5.73 Å². The Kier molecular flexibility index (Phi) is 13.7. The summed E-state index contributed by atoms with van der Waals surface area (Å²) in [7, 11) is 0. The summed E-state index contributed by atoms with van der Waals surface area (Å²) in [6.45, 7) is 5.67. The van der Waals surface area contributed by atoms with Crippen LogP contribution in [0.2, 0.25) is 0 Å². The zero-order valence-electron chi connectivity index (χ0n) is 15.3. The van der Waals surface area contributed by atoms with Gasteiger partial charge in [-0.15, -0.1) is 0 Å². The summed E-state index contributed by atoms with van der Waals surface area (Å²) in [6.07, 6.45) is 17.6. The van der Waals surface area contributed by atoms with Crippen LogP contribution in [0.4, 0.5) is 0 Å². The first-order valence-corrected chi connectivity index (χ1v) is 9.46. The van der Waals surface area contributed by atoms with Gasteiger partial charge in [-0.1, -0.05) is 84.0 Å². The van der Waals surface area contributed by atoms with Crippen LogP contribution >= 0.6 is 0 Å². The molecule has 0 unspecified atom stereocenters. The van der Waals surface area contributed by atoms with Crippen LogP contribution in [0, 0.1) is 0 Å². The number of hydrogen-bond acceptors (Lipinski definition) is 3. The smallest absolute Gasteiger partial charge is 0.307 e. The Labute approximate surface area is 138 Å². The van der Waals surface area contributed by atoms with Crippen molar-refractivity contribution in [3.63, 3.8) is 0 Å². The maximum atomic E-state index is 11.5. The lowest BCUT2D eigenvalue weighted by Gasteiger charge is -2.19. The highest BCUT2D eigenvalue weighted by molar-refractivity contribution is 5.69. The van der Waals surface area contributed by atoms with Crippen molar-refractivity contribution in [1.29, 1.82) is 0 Å². The molecule has 2 N–H and O–H groups in total. The van der Waals surface area contributed by atoms with E-state index in [0.717, 1.165) is 12.8 Å². The van der Waals surface area contributed by atoms with Crippen LogP contribution in [-0.4, -0.2) is 11.7 Å². The van der Waals surface area contributed by atoms with E-state index in [2.05, 4.69) is 6.92 Å². The van der Waals surface area contributed by atoms with Crippen molar-refractivity contribution in [2.75, 3.05) is 0 Å². The first-order chi connectivity index (χ1) is 10.5. The molecule has 3 heteroatoms. The van der Waals surface area contributed by atoms with E-state index >= 15 is 0 Å². The molecule has 0 heterocycles. The third-order valence-electron chi connectivity index (χ3n) is 3.86. The Morgan fingerprint density at radius 2 is 1.14 bits per heavy atom. The van der Waals surface area contributed by atoms with Crippen LogP contribution in [0.1, 0.15) is 111 Å². The van der Waals surface area contributed by atoms with Gasteiger partial charge >= 0.3 is 5.97 Å². The van der Waals surface area contributed by atoms with Crippen LogP contribution in [0.15, 0.2) is 0 Å². The molecule has 0 bridgehead atoms. The number of carbonyl (C=O) groups is 1. The molecule has 0 fully saturated rings. The highest BCUT2D eigenvalue weighted by Crippen LogP contribution is 2.13. The first-order valence-electron chi connectivity index (χ1n) is 9.46. The van der Waals surface area contributed by atoms with E-state index in [1.807, 2.05) is 0 Å². The number of carbonyl (C=O) groups excluding carboxylic acids is 1. The molecule has 0 saturated carbocycles. The normalized spacial score (nSPS) is 11.6. The molecule has 0 spiro atoms. The molecule has 0 radical (unpaired) electrons. The molecule has 0 aliphatic heterocycles. The largest absolute Gasteiger partial charge is 0.445 e. The minimum atomic E-state index is -0.840. The summed E-state index contributed by atoms with van der Waals surface area (Å²) in [4.78, 5) is 11.5. The van der Waals surface area contributed by atoms with Gasteiger partial charge in [0.15, 0.2) is 5.72 Å². The molecule has 0 atom stereocenters. The molecule has 132 valence electrons. The average Bonchev–Trinajstić information content (AvgIpc) is 2.42. The van der Waals surface area contributed by atoms with Crippen molar-refractivity contribution in [3.05, 3.63) is 0 Å². The van der Waals surface area contributed by atoms with E-state index in [9.17, 15) is 4.79 Å². The molecule has 0 amide bonds. The number of unbranched alkanes of at least 4 members (excludes halogenated alkanes) is 12. The molecular weight excluding hydrogens is 274 g/mol. The van der Waals surface area contributed by atoms with Gasteiger partial charge in [0, 0.05) is 6.42 Å². The van der Waals surface area contributed by atoms with Gasteiger partial charge in [0.2, 0.25) is 0 Å². The van der Waals surface area contributed by atoms with Gasteiger partial charge in [-0.05, 0) is 20.3 Å². The van der Waals surface area contributed by atoms with Crippen molar-refractivity contribution in [3.8, 4) is 0 Å². The molecule has 0 aliphatic carbocycles. The molecule has 0 rings (SSSR count). The predicted molar refractivity (Wildman–Crippen MR) is 94.7 cm³/mol. The maximum absolute atomic E-state index is 11.5. The van der Waals surface area contributed by atoms with Crippen molar-refractivity contribution < 1.29 is 9.53 Å². The SMILES string of the molecule is CCCCCCCCCCCCCCCC(=O)OC(C)(C)N. The molecular formula is C19H39NO2. The van der Waals surface area contributed by atoms with Gasteiger partial charge in [0.25, 0.3) is 0 Å². The van der Waals surface area contributed by atoms with Crippen molar-refractivity contribution in [2.45, 2.75) is 116 Å². The first kappa shape index (κ1) is 21.4. The second-order valence-electron chi connectivity index (χ2n) is 7.07. The van der Waals surface area contributed by atoms with E-state index in [-0.39, 0.29) is 5.97 Å². The van der Waals surface area contributed by atoms with E-state index in [0.29, 0.717) is 6.42 Å². The fraction of sp³-hybridized carbons (Fsp3) is 0.947. The molecule has 0 aromatic heterocycles. The summed E-state index contributed by atoms with van der Waals surface area (Å²) in [6, 6.07) is 0. The number of hydrogen-bond donors (Lipinski definition) is 1. The zero-order chi connectivity index (χ0) is 16.7. The highest BCUT2D eigenvalue weighted by atomic mass is 16.6. The van der Waals surface area contributed by atoms with E-state index in [1.165, 1.54) is 70.6 Å². The third kappa shape index (κ3) is 17.5. The molecule has 0 aliphatic rings. The third-order valence-corrected chi connectivity index (χ3v) is 3.86. The summed E-state index contributed by atoms with van der Waals surface area (Å²) in [5.41, 5.74) is 4.80. The average molecular weight is 314 g/mol. The van der Waals surface area contributed by atoms with Crippen LogP contribution in [0.25, 0.3) is 0 Å². The number of nitrogens with two attached hydrogens (primary N) is 1. The van der Waals surface area contributed by atoms with Gasteiger partial charge in [-0.3, -0.25) is 10.5 Å². The molecule has 3 nitrogen and oxygen atoms in total. The number of rotatable bonds is 15. The lowest BCUT2D eigenvalue weighted by Crippen LogP contribution is -2.37. The van der Waals surface area contributed by atoms with Crippen LogP contribution in [0.5, 0.6) is 0 Å². The van der Waals surface area contributed by atoms with Crippen molar-refractivity contribution >= 4 is 5.97 Å². The van der Waals surface area contributed by atoms with Crippen LogP contribution in [-0.2, 0) is 9.53 Å². The maximum Gasteiger partial charge on any atom is 0.307 e. The van der Waals surface area contributed by atoms with Crippen LogP contribution in [0.3, 0.4) is 0 Å². The zero-order valence-corrected chi connectivity index (χ0v) is 15.3. The molecule has 0 saturated heterocycles. The van der Waals surface area contributed by atoms with E-state index < -0.39 is 5.72 Å². The van der Waals surface area contributed by atoms with Gasteiger partial charge in [0.1, 0.15) is 0 Å². The summed E-state index contributed by atoms with van der Waals surface area (Å²) < 4.78 is 5.08. The van der Waals surface area contributed by atoms with Gasteiger partial charge < -0.3 is 4.74 Å². The number of ether oxygens (including phenoxy) is 1. The van der Waals surface area contributed by atoms with E-state index in [1.54, 1.807) is 13.8 Å². The fourth-order valence-corrected chi connectivity index (χ4v) is 2.63. The topological polar surface area (TPSA) is 52.3 Å². The van der Waals surface area contributed by atoms with E-state index in [4.69, 9.17) is 10.5 Å². The molecule has 0 aromatic rings. The Hall–Kier alpha value is -0.570. The standard InChI is InChI=1S/C19H39NO2/c1-4-5-6-7-8-9-10-11-12-13-14-15-16-17-18(21)22-19(2,3)20/h4-17,20H2,1-3H3. The second-order valence-corrected chi connectivity index (χ2v) is 7.07. The Balaban J connectivity index is 3.16. The number of esters is 1. The monoisotopic (exact) mass is 313 g/mol. The molecule has 22 heavy (non-hydrogen) atoms. The Bertz CT molecular complexity index is 259. The van der Waals surface area contributed by atoms with Gasteiger partial charge in [-0.2, -0.15) is 0 Å². The summed E-state index contributed by atoms with van der Waals surface area (Å²) >= 11 is 0. The van der Waals surface area contributed by atoms with Crippen molar-refractivity contribution in [1.82, 2.24) is 0 Å². The Morgan fingerprint density at radius 1 is 0.773 bits per heavy atom.